The molecule has 184 valence electrons. The molecule has 32 heavy (non-hydrogen) atoms. The lowest BCUT2D eigenvalue weighted by Gasteiger charge is -2.27. The first kappa shape index (κ1) is 34.3. The van der Waals surface area contributed by atoms with E-state index in [4.69, 9.17) is 21.4 Å². The Kier molecular flexibility index (Phi) is 17.6. The van der Waals surface area contributed by atoms with Gasteiger partial charge in [-0.05, 0) is 54.2 Å². The predicted octanol–water partition coefficient (Wildman–Crippen LogP) is -0.749. The Hall–Kier alpha value is -2.28. The van der Waals surface area contributed by atoms with E-state index in [0.29, 0.717) is 24.5 Å². The molecule has 0 aromatic heterocycles. The van der Waals surface area contributed by atoms with Crippen molar-refractivity contribution in [3.8, 4) is 5.75 Å². The number of nitrogens with one attached hydrogen (secondary N) is 1. The van der Waals surface area contributed by atoms with Gasteiger partial charge in [0, 0.05) is 24.5 Å². The fourth-order valence-electron chi connectivity index (χ4n) is 3.26. The van der Waals surface area contributed by atoms with Crippen LogP contribution >= 0.6 is 11.6 Å². The zero-order chi connectivity index (χ0) is 19.2. The number of carbonyl (C=O) groups is 1. The first-order valence-corrected chi connectivity index (χ1v) is 9.53. The maximum absolute atomic E-state index is 10.7. The molecular formula is C21H34ClNO9. The van der Waals surface area contributed by atoms with Crippen LogP contribution in [-0.2, 0) is 17.6 Å². The van der Waals surface area contributed by atoms with E-state index in [9.17, 15) is 9.90 Å². The van der Waals surface area contributed by atoms with Crippen molar-refractivity contribution in [2.75, 3.05) is 13.1 Å². The molecule has 10 nitrogen and oxygen atoms in total. The van der Waals surface area contributed by atoms with Crippen molar-refractivity contribution in [2.45, 2.75) is 37.9 Å². The molecule has 2 aromatic rings. The molecule has 13 N–H and O–H groups in total. The van der Waals surface area contributed by atoms with Gasteiger partial charge in [0.1, 0.15) is 11.9 Å². The standard InChI is InChI=1S/C21H24ClNO4.5H2O/c22-17-3-1-2-15(11-17)19(24)13-23-12-18-7-6-16-10-14(5-9-21(25)26)4-8-20(16)27-18;;;;;/h1-4,8,10-11,18-19,23-24H,5-7,9,12-13H2,(H,25,26);5*1H2/t18?,19-;;;;;/m1...../s1. The number of carboxylic acid groups (broad SMARTS) is 1. The van der Waals surface area contributed by atoms with Crippen molar-refractivity contribution in [3.63, 3.8) is 0 Å². The Labute approximate surface area is 191 Å². The number of halogens is 1. The number of aliphatic carboxylic acids is 1. The van der Waals surface area contributed by atoms with Gasteiger partial charge in [-0.1, -0.05) is 35.9 Å². The molecule has 0 saturated carbocycles. The molecule has 11 heteroatoms. The zero-order valence-electron chi connectivity index (χ0n) is 17.5. The first-order valence-electron chi connectivity index (χ1n) is 9.16. The van der Waals surface area contributed by atoms with E-state index in [1.807, 2.05) is 30.3 Å². The Morgan fingerprint density at radius 2 is 1.84 bits per heavy atom. The Morgan fingerprint density at radius 1 is 1.12 bits per heavy atom. The third kappa shape index (κ3) is 9.90. The average molecular weight is 480 g/mol. The lowest BCUT2D eigenvalue weighted by Crippen LogP contribution is -2.36. The van der Waals surface area contributed by atoms with Crippen molar-refractivity contribution >= 4 is 17.6 Å². The number of aliphatic hydroxyl groups is 1. The maximum Gasteiger partial charge on any atom is 0.303 e. The highest BCUT2D eigenvalue weighted by Crippen LogP contribution is 2.29. The fourth-order valence-corrected chi connectivity index (χ4v) is 3.46. The largest absolute Gasteiger partial charge is 0.489 e. The smallest absolute Gasteiger partial charge is 0.303 e. The summed E-state index contributed by atoms with van der Waals surface area (Å²) in [7, 11) is 0. The van der Waals surface area contributed by atoms with Gasteiger partial charge < -0.3 is 47.6 Å². The van der Waals surface area contributed by atoms with E-state index in [1.165, 1.54) is 0 Å². The summed E-state index contributed by atoms with van der Waals surface area (Å²) in [5.74, 6) is 0.0811. The van der Waals surface area contributed by atoms with Crippen LogP contribution in [0.3, 0.4) is 0 Å². The zero-order valence-corrected chi connectivity index (χ0v) is 18.3. The van der Waals surface area contributed by atoms with Crippen molar-refractivity contribution in [1.29, 1.82) is 0 Å². The van der Waals surface area contributed by atoms with Crippen LogP contribution in [0.5, 0.6) is 5.75 Å². The summed E-state index contributed by atoms with van der Waals surface area (Å²) >= 11 is 5.96. The van der Waals surface area contributed by atoms with E-state index in [1.54, 1.807) is 12.1 Å². The van der Waals surface area contributed by atoms with Crippen molar-refractivity contribution in [3.05, 3.63) is 64.2 Å². The molecule has 2 aromatic carbocycles. The molecule has 1 aliphatic heterocycles. The van der Waals surface area contributed by atoms with E-state index in [-0.39, 0.29) is 39.9 Å². The third-order valence-electron chi connectivity index (χ3n) is 4.72. The number of hydrogen-bond donors (Lipinski definition) is 3. The molecule has 1 heterocycles. The summed E-state index contributed by atoms with van der Waals surface area (Å²) < 4.78 is 6.04. The number of hydrogen-bond acceptors (Lipinski definition) is 4. The molecule has 1 unspecified atom stereocenters. The van der Waals surface area contributed by atoms with Crippen LogP contribution in [0.15, 0.2) is 42.5 Å². The van der Waals surface area contributed by atoms with E-state index in [0.717, 1.165) is 35.3 Å². The Morgan fingerprint density at radius 3 is 2.50 bits per heavy atom. The summed E-state index contributed by atoms with van der Waals surface area (Å²) in [5, 5.41) is 22.9. The summed E-state index contributed by atoms with van der Waals surface area (Å²) in [4.78, 5) is 10.7. The van der Waals surface area contributed by atoms with Crippen molar-refractivity contribution in [1.82, 2.24) is 5.32 Å². The lowest BCUT2D eigenvalue weighted by molar-refractivity contribution is -0.136. The second kappa shape index (κ2) is 16.4. The summed E-state index contributed by atoms with van der Waals surface area (Å²) in [5.41, 5.74) is 2.95. The topological polar surface area (TPSA) is 236 Å². The minimum absolute atomic E-state index is 0. The molecule has 2 atom stereocenters. The van der Waals surface area contributed by atoms with Crippen molar-refractivity contribution in [2.24, 2.45) is 0 Å². The monoisotopic (exact) mass is 479 g/mol. The Balaban J connectivity index is -0.00000168. The number of rotatable bonds is 8. The van der Waals surface area contributed by atoms with Crippen molar-refractivity contribution < 1.29 is 47.1 Å². The average Bonchev–Trinajstić information content (AvgIpc) is 2.66. The van der Waals surface area contributed by atoms with Crippen LogP contribution in [0, 0.1) is 0 Å². The number of aryl methyl sites for hydroxylation is 2. The quantitative estimate of drug-likeness (QED) is 0.441. The minimum Gasteiger partial charge on any atom is -0.489 e. The highest BCUT2D eigenvalue weighted by atomic mass is 35.5. The van der Waals surface area contributed by atoms with Gasteiger partial charge in [0.25, 0.3) is 0 Å². The first-order chi connectivity index (χ1) is 13.0. The Bertz CT molecular complexity index is 807. The summed E-state index contributed by atoms with van der Waals surface area (Å²) in [6, 6.07) is 13.1. The predicted molar refractivity (Wildman–Crippen MR) is 122 cm³/mol. The fraction of sp³-hybridized carbons (Fsp3) is 0.381. The highest BCUT2D eigenvalue weighted by molar-refractivity contribution is 6.30. The van der Waals surface area contributed by atoms with E-state index < -0.39 is 12.1 Å². The lowest BCUT2D eigenvalue weighted by atomic mass is 9.98. The van der Waals surface area contributed by atoms with E-state index in [2.05, 4.69) is 5.32 Å². The number of aliphatic hydroxyl groups excluding tert-OH is 1. The molecule has 0 spiro atoms. The van der Waals surface area contributed by atoms with Crippen LogP contribution in [0.25, 0.3) is 0 Å². The van der Waals surface area contributed by atoms with Gasteiger partial charge in [-0.15, -0.1) is 0 Å². The number of carboxylic acids is 1. The molecule has 3 rings (SSSR count). The highest BCUT2D eigenvalue weighted by Gasteiger charge is 2.20. The van der Waals surface area contributed by atoms with Crippen LogP contribution in [-0.4, -0.2) is 62.8 Å². The van der Waals surface area contributed by atoms with Crippen LogP contribution < -0.4 is 10.1 Å². The number of benzene rings is 2. The molecule has 0 saturated heterocycles. The molecule has 0 amide bonds. The maximum atomic E-state index is 10.7. The van der Waals surface area contributed by atoms with Gasteiger partial charge in [0.05, 0.1) is 6.10 Å². The van der Waals surface area contributed by atoms with Gasteiger partial charge >= 0.3 is 5.97 Å². The van der Waals surface area contributed by atoms with Gasteiger partial charge in [-0.25, -0.2) is 0 Å². The normalized spacial score (nSPS) is 14.4. The third-order valence-corrected chi connectivity index (χ3v) is 4.96. The second-order valence-electron chi connectivity index (χ2n) is 6.84. The molecule has 0 fully saturated rings. The van der Waals surface area contributed by atoms with E-state index >= 15 is 0 Å². The number of ether oxygens (including phenoxy) is 1. The summed E-state index contributed by atoms with van der Waals surface area (Å²) in [6.07, 6.45) is 1.90. The van der Waals surface area contributed by atoms with Gasteiger partial charge in [0.2, 0.25) is 0 Å². The van der Waals surface area contributed by atoms with Crippen LogP contribution in [0.4, 0.5) is 0 Å². The van der Waals surface area contributed by atoms with Crippen LogP contribution in [0.2, 0.25) is 5.02 Å². The number of fused-ring (bicyclic) bond motifs is 1. The second-order valence-corrected chi connectivity index (χ2v) is 7.28. The SMILES string of the molecule is O.O.O.O.O.O=C(O)CCc1ccc2c(c1)CCC(CNC[C@@H](O)c1cccc(Cl)c1)O2. The summed E-state index contributed by atoms with van der Waals surface area (Å²) in [6.45, 7) is 1.08. The van der Waals surface area contributed by atoms with Gasteiger partial charge in [-0.2, -0.15) is 0 Å². The molecule has 0 bridgehead atoms. The minimum atomic E-state index is -0.782. The molecule has 1 aliphatic rings. The molecule has 0 aliphatic carbocycles. The molecular weight excluding hydrogens is 446 g/mol. The van der Waals surface area contributed by atoms with Crippen LogP contribution in [0.1, 0.15) is 35.6 Å². The van der Waals surface area contributed by atoms with Gasteiger partial charge in [-0.3, -0.25) is 4.79 Å². The molecule has 0 radical (unpaired) electrons. The van der Waals surface area contributed by atoms with Gasteiger partial charge in [0.15, 0.2) is 0 Å².